The molecule has 0 atom stereocenters. The van der Waals surface area contributed by atoms with E-state index in [1.165, 1.54) is 12.3 Å². The minimum atomic E-state index is -0.767. The third-order valence-corrected chi connectivity index (χ3v) is 5.27. The molecule has 1 fully saturated rings. The van der Waals surface area contributed by atoms with E-state index in [1.54, 1.807) is 18.2 Å². The van der Waals surface area contributed by atoms with Gasteiger partial charge in [-0.3, -0.25) is 9.59 Å². The molecule has 1 aliphatic carbocycles. The van der Waals surface area contributed by atoms with Gasteiger partial charge in [-0.2, -0.15) is 0 Å². The van der Waals surface area contributed by atoms with Crippen molar-refractivity contribution in [3.8, 4) is 10.6 Å². The summed E-state index contributed by atoms with van der Waals surface area (Å²) in [6.45, 7) is 0. The second-order valence-electron chi connectivity index (χ2n) is 5.87. The highest BCUT2D eigenvalue weighted by molar-refractivity contribution is 7.16. The van der Waals surface area contributed by atoms with E-state index in [4.69, 9.17) is 5.11 Å². The lowest BCUT2D eigenvalue weighted by Gasteiger charge is -2.26. The number of carboxylic acids is 1. The predicted molar refractivity (Wildman–Crippen MR) is 88.4 cm³/mol. The van der Waals surface area contributed by atoms with Crippen LogP contribution in [0.4, 0.5) is 4.39 Å². The molecule has 1 aromatic carbocycles. The van der Waals surface area contributed by atoms with Crippen LogP contribution in [0.1, 0.15) is 35.4 Å². The van der Waals surface area contributed by atoms with Gasteiger partial charge in [-0.1, -0.05) is 12.1 Å². The van der Waals surface area contributed by atoms with E-state index in [-0.39, 0.29) is 23.7 Å². The van der Waals surface area contributed by atoms with Crippen LogP contribution in [0.5, 0.6) is 0 Å². The van der Waals surface area contributed by atoms with Crippen LogP contribution in [0, 0.1) is 11.7 Å². The summed E-state index contributed by atoms with van der Waals surface area (Å²) >= 11 is 1.15. The number of carboxylic acid groups (broad SMARTS) is 1. The van der Waals surface area contributed by atoms with Crippen LogP contribution in [-0.4, -0.2) is 28.0 Å². The molecule has 0 spiro atoms. The fourth-order valence-corrected chi connectivity index (χ4v) is 3.73. The van der Waals surface area contributed by atoms with E-state index in [0.717, 1.165) is 11.3 Å². The molecule has 0 radical (unpaired) electrons. The average molecular weight is 348 g/mol. The van der Waals surface area contributed by atoms with Gasteiger partial charge in [0.25, 0.3) is 5.91 Å². The van der Waals surface area contributed by atoms with E-state index in [1.807, 2.05) is 0 Å². The summed E-state index contributed by atoms with van der Waals surface area (Å²) in [7, 11) is 0. The number of amides is 1. The molecule has 0 saturated heterocycles. The van der Waals surface area contributed by atoms with Gasteiger partial charge in [0.2, 0.25) is 0 Å². The monoisotopic (exact) mass is 348 g/mol. The van der Waals surface area contributed by atoms with Crippen molar-refractivity contribution >= 4 is 23.2 Å². The largest absolute Gasteiger partial charge is 0.481 e. The van der Waals surface area contributed by atoms with E-state index in [9.17, 15) is 14.0 Å². The number of thiazole rings is 1. The Morgan fingerprint density at radius 2 is 1.92 bits per heavy atom. The van der Waals surface area contributed by atoms with Crippen molar-refractivity contribution in [2.24, 2.45) is 5.92 Å². The number of carbonyl (C=O) groups is 2. The molecule has 5 nitrogen and oxygen atoms in total. The molecule has 126 valence electrons. The first-order valence-corrected chi connectivity index (χ1v) is 8.60. The second kappa shape index (κ2) is 7.09. The van der Waals surface area contributed by atoms with Gasteiger partial charge >= 0.3 is 5.97 Å². The van der Waals surface area contributed by atoms with Crippen LogP contribution in [-0.2, 0) is 4.79 Å². The Labute approximate surface area is 142 Å². The van der Waals surface area contributed by atoms with Gasteiger partial charge in [0.1, 0.15) is 15.7 Å². The summed E-state index contributed by atoms with van der Waals surface area (Å²) in [5.74, 6) is -1.69. The average Bonchev–Trinajstić information content (AvgIpc) is 3.05. The molecule has 24 heavy (non-hydrogen) atoms. The molecule has 2 aromatic rings. The molecule has 1 amide bonds. The molecule has 1 heterocycles. The molecular formula is C17H17FN2O3S. The Hall–Kier alpha value is -2.28. The van der Waals surface area contributed by atoms with Crippen molar-refractivity contribution in [2.75, 3.05) is 0 Å². The number of halogens is 1. The molecule has 0 unspecified atom stereocenters. The van der Waals surface area contributed by atoms with Gasteiger partial charge < -0.3 is 10.4 Å². The van der Waals surface area contributed by atoms with E-state index in [2.05, 4.69) is 10.3 Å². The van der Waals surface area contributed by atoms with Crippen molar-refractivity contribution < 1.29 is 19.1 Å². The lowest BCUT2D eigenvalue weighted by Crippen LogP contribution is -2.38. The number of benzene rings is 1. The molecular weight excluding hydrogens is 331 g/mol. The van der Waals surface area contributed by atoms with Crippen molar-refractivity contribution in [1.82, 2.24) is 10.3 Å². The van der Waals surface area contributed by atoms with Gasteiger partial charge in [-0.25, -0.2) is 9.37 Å². The standard InChI is InChI=1S/C17H17FN2O3S/c18-13-4-2-1-3-12(13)16-19-9-14(24-16)15(21)20-11-7-5-10(6-8-11)17(22)23/h1-4,9-11H,5-8H2,(H,20,21)(H,22,23). The molecule has 3 rings (SSSR count). The van der Waals surface area contributed by atoms with Crippen LogP contribution in [0.25, 0.3) is 10.6 Å². The molecule has 0 bridgehead atoms. The maximum absolute atomic E-state index is 13.8. The third kappa shape index (κ3) is 3.62. The minimum absolute atomic E-state index is 0.0212. The smallest absolute Gasteiger partial charge is 0.306 e. The molecule has 0 aliphatic heterocycles. The summed E-state index contributed by atoms with van der Waals surface area (Å²) in [5.41, 5.74) is 0.378. The summed E-state index contributed by atoms with van der Waals surface area (Å²) in [6, 6.07) is 6.29. The van der Waals surface area contributed by atoms with Crippen molar-refractivity contribution in [2.45, 2.75) is 31.7 Å². The first-order chi connectivity index (χ1) is 11.5. The normalized spacial score (nSPS) is 20.5. The Morgan fingerprint density at radius 3 is 2.58 bits per heavy atom. The zero-order valence-corrected chi connectivity index (χ0v) is 13.7. The second-order valence-corrected chi connectivity index (χ2v) is 6.90. The number of nitrogens with zero attached hydrogens (tertiary/aromatic N) is 1. The van der Waals surface area contributed by atoms with Gasteiger partial charge in [-0.05, 0) is 37.8 Å². The Bertz CT molecular complexity index is 754. The maximum Gasteiger partial charge on any atom is 0.306 e. The van der Waals surface area contributed by atoms with Crippen LogP contribution in [0.3, 0.4) is 0 Å². The first kappa shape index (κ1) is 16.6. The quantitative estimate of drug-likeness (QED) is 0.888. The van der Waals surface area contributed by atoms with E-state index < -0.39 is 5.97 Å². The number of aromatic nitrogens is 1. The number of hydrogen-bond acceptors (Lipinski definition) is 4. The van der Waals surface area contributed by atoms with Crippen molar-refractivity contribution in [1.29, 1.82) is 0 Å². The predicted octanol–water partition coefficient (Wildman–Crippen LogP) is 3.32. The minimum Gasteiger partial charge on any atom is -0.481 e. The summed E-state index contributed by atoms with van der Waals surface area (Å²) in [5, 5.41) is 12.4. The van der Waals surface area contributed by atoms with E-state index in [0.29, 0.717) is 41.1 Å². The van der Waals surface area contributed by atoms with E-state index >= 15 is 0 Å². The molecule has 1 aliphatic rings. The maximum atomic E-state index is 13.8. The number of nitrogens with one attached hydrogen (secondary N) is 1. The molecule has 1 saturated carbocycles. The van der Waals surface area contributed by atoms with Gasteiger partial charge in [0.15, 0.2) is 0 Å². The zero-order valence-electron chi connectivity index (χ0n) is 12.9. The van der Waals surface area contributed by atoms with Crippen LogP contribution < -0.4 is 5.32 Å². The van der Waals surface area contributed by atoms with Crippen molar-refractivity contribution in [3.05, 3.63) is 41.2 Å². The summed E-state index contributed by atoms with van der Waals surface area (Å²) < 4.78 is 13.8. The number of rotatable bonds is 4. The zero-order chi connectivity index (χ0) is 17.1. The fourth-order valence-electron chi connectivity index (χ4n) is 2.88. The lowest BCUT2D eigenvalue weighted by molar-refractivity contribution is -0.142. The topological polar surface area (TPSA) is 79.3 Å². The van der Waals surface area contributed by atoms with Gasteiger partial charge in [-0.15, -0.1) is 11.3 Å². The Kier molecular flexibility index (Phi) is 4.89. The SMILES string of the molecule is O=C(NC1CCC(C(=O)O)CC1)c1cnc(-c2ccccc2F)s1. The third-order valence-electron chi connectivity index (χ3n) is 4.25. The number of carbonyl (C=O) groups excluding carboxylic acids is 1. The highest BCUT2D eigenvalue weighted by Gasteiger charge is 2.27. The van der Waals surface area contributed by atoms with Crippen molar-refractivity contribution in [3.63, 3.8) is 0 Å². The number of hydrogen-bond donors (Lipinski definition) is 2. The number of aliphatic carboxylic acids is 1. The Morgan fingerprint density at radius 1 is 1.21 bits per heavy atom. The van der Waals surface area contributed by atoms with Crippen LogP contribution in [0.2, 0.25) is 0 Å². The highest BCUT2D eigenvalue weighted by atomic mass is 32.1. The summed E-state index contributed by atoms with van der Waals surface area (Å²) in [6.07, 6.45) is 3.90. The fraction of sp³-hybridized carbons (Fsp3) is 0.353. The lowest BCUT2D eigenvalue weighted by atomic mass is 9.86. The van der Waals surface area contributed by atoms with Crippen LogP contribution in [0.15, 0.2) is 30.5 Å². The highest BCUT2D eigenvalue weighted by Crippen LogP contribution is 2.28. The summed E-state index contributed by atoms with van der Waals surface area (Å²) in [4.78, 5) is 27.8. The first-order valence-electron chi connectivity index (χ1n) is 7.79. The van der Waals surface area contributed by atoms with Gasteiger partial charge in [0.05, 0.1) is 12.1 Å². The molecule has 1 aromatic heterocycles. The Balaban J connectivity index is 1.63. The molecule has 7 heteroatoms. The van der Waals surface area contributed by atoms with Gasteiger partial charge in [0, 0.05) is 11.6 Å². The van der Waals surface area contributed by atoms with Crippen LogP contribution >= 0.6 is 11.3 Å². The molecule has 2 N–H and O–H groups in total.